The van der Waals surface area contributed by atoms with Crippen LogP contribution in [0.5, 0.6) is 0 Å². The Morgan fingerprint density at radius 3 is 2.47 bits per heavy atom. The summed E-state index contributed by atoms with van der Waals surface area (Å²) in [6.07, 6.45) is 4.53. The predicted octanol–water partition coefficient (Wildman–Crippen LogP) is 0.830. The Hall–Kier alpha value is -1.85. The highest BCUT2D eigenvalue weighted by molar-refractivity contribution is 6.10. The molecule has 0 aliphatic carbocycles. The van der Waals surface area contributed by atoms with Gasteiger partial charge in [-0.15, -0.1) is 0 Å². The van der Waals surface area contributed by atoms with E-state index in [-0.39, 0.29) is 11.8 Å². The number of hydrogen-bond acceptors (Lipinski definition) is 3. The first-order valence-corrected chi connectivity index (χ1v) is 6.59. The highest BCUT2D eigenvalue weighted by atomic mass is 16.2. The van der Waals surface area contributed by atoms with Gasteiger partial charge in [-0.25, -0.2) is 0 Å². The average molecular weight is 264 g/mol. The number of aromatic nitrogens is 2. The van der Waals surface area contributed by atoms with Crippen LogP contribution >= 0.6 is 0 Å². The van der Waals surface area contributed by atoms with Crippen molar-refractivity contribution in [3.8, 4) is 0 Å². The molecular formula is C13H20N4O2. The van der Waals surface area contributed by atoms with Crippen LogP contribution in [0, 0.1) is 0 Å². The highest BCUT2D eigenvalue weighted by Gasteiger charge is 2.48. The molecule has 2 rings (SSSR count). The lowest BCUT2D eigenvalue weighted by molar-refractivity contribution is -0.138. The first-order valence-electron chi connectivity index (χ1n) is 6.59. The van der Waals surface area contributed by atoms with E-state index in [1.54, 1.807) is 35.9 Å². The molecule has 2 heterocycles. The third-order valence-corrected chi connectivity index (χ3v) is 3.93. The van der Waals surface area contributed by atoms with Gasteiger partial charge in [-0.1, -0.05) is 13.8 Å². The van der Waals surface area contributed by atoms with E-state index in [1.165, 1.54) is 0 Å². The highest BCUT2D eigenvalue weighted by Crippen LogP contribution is 2.29. The topological polar surface area (TPSA) is 67.2 Å². The fourth-order valence-electron chi connectivity index (χ4n) is 2.52. The minimum Gasteiger partial charge on any atom is -0.340 e. The second-order valence-corrected chi connectivity index (χ2v) is 5.00. The zero-order valence-corrected chi connectivity index (χ0v) is 11.8. The van der Waals surface area contributed by atoms with Crippen molar-refractivity contribution >= 4 is 17.5 Å². The Bertz CT molecular complexity index is 504. The van der Waals surface area contributed by atoms with Gasteiger partial charge in [0.15, 0.2) is 0 Å². The van der Waals surface area contributed by atoms with Gasteiger partial charge >= 0.3 is 0 Å². The number of amides is 2. The lowest BCUT2D eigenvalue weighted by atomic mass is 9.87. The van der Waals surface area contributed by atoms with Crippen LogP contribution in [-0.2, 0) is 16.6 Å². The molecule has 0 aromatic carbocycles. The van der Waals surface area contributed by atoms with Gasteiger partial charge in [0.05, 0.1) is 11.9 Å². The maximum Gasteiger partial charge on any atom is 0.253 e. The Kier molecular flexibility index (Phi) is 3.34. The third-order valence-electron chi connectivity index (χ3n) is 3.93. The van der Waals surface area contributed by atoms with Crippen LogP contribution in [0.25, 0.3) is 0 Å². The van der Waals surface area contributed by atoms with Crippen LogP contribution in [-0.4, -0.2) is 33.2 Å². The predicted molar refractivity (Wildman–Crippen MR) is 71.6 cm³/mol. The molecule has 1 unspecified atom stereocenters. The molecule has 2 amide bonds. The van der Waals surface area contributed by atoms with Crippen molar-refractivity contribution in [2.75, 3.05) is 4.90 Å². The quantitative estimate of drug-likeness (QED) is 0.879. The Labute approximate surface area is 112 Å². The standard InChI is InChI=1S/C13H20N4O2/c1-5-13(6-2)12(19)17(9(3)11(18)15-13)10-7-14-16(4)8-10/h7-9H,5-6H2,1-4H3,(H,15,18). The van der Waals surface area contributed by atoms with E-state index in [9.17, 15) is 9.59 Å². The second-order valence-electron chi connectivity index (χ2n) is 5.00. The molecule has 1 saturated heterocycles. The lowest BCUT2D eigenvalue weighted by Crippen LogP contribution is -2.69. The van der Waals surface area contributed by atoms with Gasteiger partial charge < -0.3 is 5.32 Å². The van der Waals surface area contributed by atoms with Gasteiger partial charge in [-0.2, -0.15) is 5.10 Å². The van der Waals surface area contributed by atoms with E-state index in [2.05, 4.69) is 10.4 Å². The molecule has 1 N–H and O–H groups in total. The summed E-state index contributed by atoms with van der Waals surface area (Å²) in [4.78, 5) is 26.4. The van der Waals surface area contributed by atoms with Crippen molar-refractivity contribution in [3.63, 3.8) is 0 Å². The van der Waals surface area contributed by atoms with E-state index in [1.807, 2.05) is 13.8 Å². The van der Waals surface area contributed by atoms with Gasteiger partial charge in [-0.05, 0) is 19.8 Å². The first kappa shape index (κ1) is 13.6. The summed E-state index contributed by atoms with van der Waals surface area (Å²) in [6, 6.07) is -0.511. The van der Waals surface area contributed by atoms with E-state index in [4.69, 9.17) is 0 Å². The Morgan fingerprint density at radius 1 is 1.37 bits per heavy atom. The molecule has 0 spiro atoms. The minimum absolute atomic E-state index is 0.0578. The summed E-state index contributed by atoms with van der Waals surface area (Å²) in [7, 11) is 1.79. The van der Waals surface area contributed by atoms with Crippen LogP contribution < -0.4 is 10.2 Å². The molecule has 0 radical (unpaired) electrons. The Balaban J connectivity index is 2.45. The SMILES string of the molecule is CCC1(CC)NC(=O)C(C)N(c2cnn(C)c2)C1=O. The number of rotatable bonds is 3. The molecular weight excluding hydrogens is 244 g/mol. The molecule has 6 heteroatoms. The molecule has 104 valence electrons. The number of anilines is 1. The van der Waals surface area contributed by atoms with Gasteiger partial charge in [0.2, 0.25) is 5.91 Å². The van der Waals surface area contributed by atoms with Crippen LogP contribution in [0.3, 0.4) is 0 Å². The molecule has 6 nitrogen and oxygen atoms in total. The van der Waals surface area contributed by atoms with Crippen molar-refractivity contribution < 1.29 is 9.59 Å². The zero-order chi connectivity index (χ0) is 14.2. The number of nitrogens with zero attached hydrogens (tertiary/aromatic N) is 3. The van der Waals surface area contributed by atoms with Crippen LogP contribution in [0.1, 0.15) is 33.6 Å². The molecule has 1 aromatic rings. The van der Waals surface area contributed by atoms with Crippen molar-refractivity contribution in [1.29, 1.82) is 0 Å². The maximum atomic E-state index is 12.7. The monoisotopic (exact) mass is 264 g/mol. The largest absolute Gasteiger partial charge is 0.340 e. The first-order chi connectivity index (χ1) is 8.95. The molecule has 1 aromatic heterocycles. The van der Waals surface area contributed by atoms with Crippen molar-refractivity contribution in [2.24, 2.45) is 7.05 Å². The smallest absolute Gasteiger partial charge is 0.253 e. The van der Waals surface area contributed by atoms with Gasteiger partial charge in [0.1, 0.15) is 11.6 Å². The van der Waals surface area contributed by atoms with Crippen LogP contribution in [0.2, 0.25) is 0 Å². The van der Waals surface area contributed by atoms with E-state index >= 15 is 0 Å². The number of nitrogens with one attached hydrogen (secondary N) is 1. The molecule has 19 heavy (non-hydrogen) atoms. The summed E-state index contributed by atoms with van der Waals surface area (Å²) in [5, 5.41) is 6.95. The Morgan fingerprint density at radius 2 is 2.00 bits per heavy atom. The fraction of sp³-hybridized carbons (Fsp3) is 0.615. The number of piperazine rings is 1. The summed E-state index contributed by atoms with van der Waals surface area (Å²) in [6.45, 7) is 5.56. The fourth-order valence-corrected chi connectivity index (χ4v) is 2.52. The van der Waals surface area contributed by atoms with Gasteiger partial charge in [-0.3, -0.25) is 19.2 Å². The van der Waals surface area contributed by atoms with Crippen molar-refractivity contribution in [1.82, 2.24) is 15.1 Å². The van der Waals surface area contributed by atoms with Gasteiger partial charge in [0.25, 0.3) is 5.91 Å². The molecule has 0 saturated carbocycles. The van der Waals surface area contributed by atoms with Gasteiger partial charge in [0, 0.05) is 13.2 Å². The lowest BCUT2D eigenvalue weighted by Gasteiger charge is -2.43. The number of aryl methyl sites for hydroxylation is 1. The third kappa shape index (κ3) is 2.01. The summed E-state index contributed by atoms with van der Waals surface area (Å²) >= 11 is 0. The van der Waals surface area contributed by atoms with E-state index in [0.717, 1.165) is 0 Å². The molecule has 1 aliphatic heterocycles. The number of carbonyl (C=O) groups excluding carboxylic acids is 2. The van der Waals surface area contributed by atoms with Crippen LogP contribution in [0.15, 0.2) is 12.4 Å². The summed E-state index contributed by atoms with van der Waals surface area (Å²) in [5.74, 6) is -0.176. The van der Waals surface area contributed by atoms with E-state index in [0.29, 0.717) is 18.5 Å². The molecule has 0 bridgehead atoms. The molecule has 1 fully saturated rings. The molecule has 1 aliphatic rings. The van der Waals surface area contributed by atoms with Crippen molar-refractivity contribution in [2.45, 2.75) is 45.2 Å². The second kappa shape index (κ2) is 4.68. The summed E-state index contributed by atoms with van der Waals surface area (Å²) < 4.78 is 1.63. The number of hydrogen-bond donors (Lipinski definition) is 1. The molecule has 1 atom stereocenters. The van der Waals surface area contributed by atoms with Crippen molar-refractivity contribution in [3.05, 3.63) is 12.4 Å². The average Bonchev–Trinajstić information content (AvgIpc) is 2.81. The van der Waals surface area contributed by atoms with Crippen LogP contribution in [0.4, 0.5) is 5.69 Å². The maximum absolute atomic E-state index is 12.7. The number of carbonyl (C=O) groups is 2. The minimum atomic E-state index is -0.792. The van der Waals surface area contributed by atoms with E-state index < -0.39 is 11.6 Å². The normalized spacial score (nSPS) is 22.5. The summed E-state index contributed by atoms with van der Waals surface area (Å²) in [5.41, 5.74) is -0.125. The zero-order valence-electron chi connectivity index (χ0n) is 11.8.